The number of nitrogens with zero attached hydrogens (tertiary/aromatic N) is 3. The Morgan fingerprint density at radius 2 is 1.89 bits per heavy atom. The average molecular weight is 278 g/mol. The summed E-state index contributed by atoms with van der Waals surface area (Å²) in [5.41, 5.74) is 1.00. The molecule has 2 N–H and O–H groups in total. The van der Waals surface area contributed by atoms with Crippen LogP contribution in [0.15, 0.2) is 47.8 Å². The molecule has 0 fully saturated rings. The molecule has 2 aromatic rings. The predicted octanol–water partition coefficient (Wildman–Crippen LogP) is 0.760. The molecular weight excluding hydrogens is 264 g/mol. The van der Waals surface area contributed by atoms with Crippen molar-refractivity contribution >= 4 is 15.8 Å². The van der Waals surface area contributed by atoms with Crippen molar-refractivity contribution in [2.24, 2.45) is 5.14 Å². The van der Waals surface area contributed by atoms with E-state index >= 15 is 0 Å². The first-order valence-corrected chi connectivity index (χ1v) is 7.11. The second-order valence-corrected chi connectivity index (χ2v) is 5.61. The van der Waals surface area contributed by atoms with Crippen LogP contribution in [0.2, 0.25) is 0 Å². The number of primary sulfonamides is 1. The zero-order valence-electron chi connectivity index (χ0n) is 10.4. The topological polar surface area (TPSA) is 89.2 Å². The number of nitrogens with two attached hydrogens (primary N) is 1. The van der Waals surface area contributed by atoms with Crippen molar-refractivity contribution in [3.05, 3.63) is 48.4 Å². The highest BCUT2D eigenvalue weighted by molar-refractivity contribution is 7.89. The zero-order chi connectivity index (χ0) is 13.9. The second-order valence-electron chi connectivity index (χ2n) is 4.08. The number of hydrogen-bond acceptors (Lipinski definition) is 5. The number of anilines is 1. The third kappa shape index (κ3) is 3.27. The standard InChI is InChI=1S/C12H14N4O2S/c1-16(9-10-4-7-14-8-5-10)12-11(19(13,17)18)3-2-6-15-12/h2-8H,9H2,1H3,(H2,13,17,18). The fourth-order valence-electron chi connectivity index (χ4n) is 1.73. The van der Waals surface area contributed by atoms with Crippen LogP contribution in [-0.4, -0.2) is 25.4 Å². The van der Waals surface area contributed by atoms with Crippen molar-refractivity contribution in [3.63, 3.8) is 0 Å². The van der Waals surface area contributed by atoms with Crippen molar-refractivity contribution in [2.75, 3.05) is 11.9 Å². The largest absolute Gasteiger partial charge is 0.354 e. The molecule has 2 rings (SSSR count). The van der Waals surface area contributed by atoms with Crippen LogP contribution in [0.5, 0.6) is 0 Å². The van der Waals surface area contributed by atoms with E-state index in [-0.39, 0.29) is 4.90 Å². The molecule has 0 saturated carbocycles. The van der Waals surface area contributed by atoms with E-state index in [1.54, 1.807) is 30.4 Å². The fourth-order valence-corrected chi connectivity index (χ4v) is 2.46. The third-order valence-electron chi connectivity index (χ3n) is 2.59. The van der Waals surface area contributed by atoms with E-state index < -0.39 is 10.0 Å². The summed E-state index contributed by atoms with van der Waals surface area (Å²) in [6.45, 7) is 0.516. The second kappa shape index (κ2) is 5.33. The molecule has 6 nitrogen and oxygen atoms in total. The Morgan fingerprint density at radius 1 is 1.21 bits per heavy atom. The molecule has 0 radical (unpaired) electrons. The van der Waals surface area contributed by atoms with Gasteiger partial charge in [0.1, 0.15) is 10.7 Å². The lowest BCUT2D eigenvalue weighted by atomic mass is 10.2. The highest BCUT2D eigenvalue weighted by Gasteiger charge is 2.17. The van der Waals surface area contributed by atoms with Gasteiger partial charge in [0.05, 0.1) is 0 Å². The summed E-state index contributed by atoms with van der Waals surface area (Å²) >= 11 is 0. The summed E-state index contributed by atoms with van der Waals surface area (Å²) in [5.74, 6) is 0.335. The lowest BCUT2D eigenvalue weighted by Gasteiger charge is -2.20. The van der Waals surface area contributed by atoms with Gasteiger partial charge in [-0.15, -0.1) is 0 Å². The maximum atomic E-state index is 11.5. The van der Waals surface area contributed by atoms with Gasteiger partial charge in [0.2, 0.25) is 10.0 Å². The van der Waals surface area contributed by atoms with E-state index in [1.807, 2.05) is 12.1 Å². The molecule has 0 amide bonds. The minimum atomic E-state index is -3.79. The summed E-state index contributed by atoms with van der Waals surface area (Å²) < 4.78 is 23.0. The van der Waals surface area contributed by atoms with Crippen LogP contribution in [-0.2, 0) is 16.6 Å². The fraction of sp³-hybridized carbons (Fsp3) is 0.167. The van der Waals surface area contributed by atoms with Gasteiger partial charge < -0.3 is 4.90 Å². The average Bonchev–Trinajstić information content (AvgIpc) is 2.39. The molecule has 0 atom stereocenters. The van der Waals surface area contributed by atoms with Gasteiger partial charge in [-0.05, 0) is 29.8 Å². The van der Waals surface area contributed by atoms with Crippen LogP contribution in [0.1, 0.15) is 5.56 Å². The molecule has 0 saturated heterocycles. The monoisotopic (exact) mass is 278 g/mol. The lowest BCUT2D eigenvalue weighted by molar-refractivity contribution is 0.597. The van der Waals surface area contributed by atoms with E-state index in [0.29, 0.717) is 12.4 Å². The maximum Gasteiger partial charge on any atom is 0.241 e. The molecule has 0 unspecified atom stereocenters. The van der Waals surface area contributed by atoms with E-state index in [4.69, 9.17) is 5.14 Å². The van der Waals surface area contributed by atoms with Crippen LogP contribution < -0.4 is 10.0 Å². The van der Waals surface area contributed by atoms with Crippen molar-refractivity contribution in [1.29, 1.82) is 0 Å². The number of pyridine rings is 2. The minimum absolute atomic E-state index is 0.0200. The van der Waals surface area contributed by atoms with Crippen LogP contribution in [0.25, 0.3) is 0 Å². The Bertz CT molecular complexity index is 658. The number of sulfonamides is 1. The molecule has 0 aliphatic rings. The molecule has 2 heterocycles. The SMILES string of the molecule is CN(Cc1ccncc1)c1ncccc1S(N)(=O)=O. The van der Waals surface area contributed by atoms with Gasteiger partial charge in [-0.3, -0.25) is 4.98 Å². The number of aromatic nitrogens is 2. The van der Waals surface area contributed by atoms with Gasteiger partial charge in [0.25, 0.3) is 0 Å². The van der Waals surface area contributed by atoms with E-state index in [0.717, 1.165) is 5.56 Å². The van der Waals surface area contributed by atoms with Gasteiger partial charge in [-0.1, -0.05) is 0 Å². The first kappa shape index (κ1) is 13.4. The summed E-state index contributed by atoms with van der Waals surface area (Å²) in [7, 11) is -2.03. The molecule has 7 heteroatoms. The first-order chi connectivity index (χ1) is 8.98. The Morgan fingerprint density at radius 3 is 2.53 bits per heavy atom. The van der Waals surface area contributed by atoms with E-state index in [9.17, 15) is 8.42 Å². The smallest absolute Gasteiger partial charge is 0.241 e. The Labute approximate surface area is 112 Å². The molecular formula is C12H14N4O2S. The molecule has 19 heavy (non-hydrogen) atoms. The van der Waals surface area contributed by atoms with Crippen molar-refractivity contribution in [3.8, 4) is 0 Å². The van der Waals surface area contributed by atoms with Crippen molar-refractivity contribution in [2.45, 2.75) is 11.4 Å². The van der Waals surface area contributed by atoms with Gasteiger partial charge in [-0.2, -0.15) is 0 Å². The molecule has 0 aliphatic carbocycles. The highest BCUT2D eigenvalue weighted by atomic mass is 32.2. The molecule has 0 aromatic carbocycles. The van der Waals surface area contributed by atoms with Crippen LogP contribution in [0.3, 0.4) is 0 Å². The summed E-state index contributed by atoms with van der Waals surface area (Å²) in [6, 6.07) is 6.70. The molecule has 100 valence electrons. The highest BCUT2D eigenvalue weighted by Crippen LogP contribution is 2.21. The van der Waals surface area contributed by atoms with Gasteiger partial charge >= 0.3 is 0 Å². The number of hydrogen-bond donors (Lipinski definition) is 1. The summed E-state index contributed by atoms with van der Waals surface area (Å²) in [5, 5.41) is 5.18. The first-order valence-electron chi connectivity index (χ1n) is 5.56. The molecule has 2 aromatic heterocycles. The quantitative estimate of drug-likeness (QED) is 0.892. The van der Waals surface area contributed by atoms with Gasteiger partial charge in [-0.25, -0.2) is 18.5 Å². The molecule has 0 bridgehead atoms. The van der Waals surface area contributed by atoms with Crippen LogP contribution >= 0.6 is 0 Å². The minimum Gasteiger partial charge on any atom is -0.354 e. The summed E-state index contributed by atoms with van der Waals surface area (Å²) in [6.07, 6.45) is 4.90. The predicted molar refractivity (Wildman–Crippen MR) is 72.0 cm³/mol. The Balaban J connectivity index is 2.32. The third-order valence-corrected chi connectivity index (χ3v) is 3.52. The van der Waals surface area contributed by atoms with Gasteiger partial charge in [0.15, 0.2) is 0 Å². The van der Waals surface area contributed by atoms with Crippen LogP contribution in [0.4, 0.5) is 5.82 Å². The van der Waals surface area contributed by atoms with Gasteiger partial charge in [0, 0.05) is 32.2 Å². The van der Waals surface area contributed by atoms with Crippen molar-refractivity contribution < 1.29 is 8.42 Å². The van der Waals surface area contributed by atoms with Crippen LogP contribution in [0, 0.1) is 0 Å². The zero-order valence-corrected chi connectivity index (χ0v) is 11.2. The Kier molecular flexibility index (Phi) is 3.77. The molecule has 0 spiro atoms. The van der Waals surface area contributed by atoms with E-state index in [1.165, 1.54) is 12.3 Å². The van der Waals surface area contributed by atoms with Crippen molar-refractivity contribution in [1.82, 2.24) is 9.97 Å². The van der Waals surface area contributed by atoms with E-state index in [2.05, 4.69) is 9.97 Å². The summed E-state index contributed by atoms with van der Waals surface area (Å²) in [4.78, 5) is 9.78. The maximum absolute atomic E-state index is 11.5. The normalized spacial score (nSPS) is 11.3. The Hall–Kier alpha value is -1.99. The lowest BCUT2D eigenvalue weighted by Crippen LogP contribution is -2.23. The number of rotatable bonds is 4. The molecule has 0 aliphatic heterocycles.